The van der Waals surface area contributed by atoms with Gasteiger partial charge in [-0.25, -0.2) is 0 Å². The molecule has 1 aliphatic rings. The molecule has 0 aromatic heterocycles. The first-order valence-electron chi connectivity index (χ1n) is 7.31. The molecular formula is C16H25ClN2. The van der Waals surface area contributed by atoms with E-state index in [4.69, 9.17) is 17.3 Å². The van der Waals surface area contributed by atoms with Crippen molar-refractivity contribution < 1.29 is 0 Å². The predicted molar refractivity (Wildman–Crippen MR) is 85.0 cm³/mol. The lowest BCUT2D eigenvalue weighted by molar-refractivity contribution is 0.535. The SMILES string of the molecule is Cc1cc(N)c(Cl)cc1N(CC(C)C)C1CCCC1. The van der Waals surface area contributed by atoms with Crippen LogP contribution >= 0.6 is 11.6 Å². The summed E-state index contributed by atoms with van der Waals surface area (Å²) in [5.41, 5.74) is 9.07. The van der Waals surface area contributed by atoms with Crippen molar-refractivity contribution >= 4 is 23.0 Å². The van der Waals surface area contributed by atoms with E-state index in [-0.39, 0.29) is 0 Å². The Morgan fingerprint density at radius 2 is 1.95 bits per heavy atom. The number of rotatable bonds is 4. The van der Waals surface area contributed by atoms with Gasteiger partial charge < -0.3 is 10.6 Å². The van der Waals surface area contributed by atoms with Crippen LogP contribution in [0.1, 0.15) is 45.1 Å². The molecule has 0 saturated heterocycles. The van der Waals surface area contributed by atoms with Gasteiger partial charge in [-0.3, -0.25) is 0 Å². The largest absolute Gasteiger partial charge is 0.398 e. The van der Waals surface area contributed by atoms with Gasteiger partial charge in [0.25, 0.3) is 0 Å². The average molecular weight is 281 g/mol. The van der Waals surface area contributed by atoms with Crippen molar-refractivity contribution in [2.45, 2.75) is 52.5 Å². The van der Waals surface area contributed by atoms with Crippen molar-refractivity contribution in [3.8, 4) is 0 Å². The van der Waals surface area contributed by atoms with E-state index in [1.54, 1.807) is 0 Å². The highest BCUT2D eigenvalue weighted by Gasteiger charge is 2.24. The molecule has 0 spiro atoms. The first kappa shape index (κ1) is 14.5. The Morgan fingerprint density at radius 1 is 1.32 bits per heavy atom. The van der Waals surface area contributed by atoms with Gasteiger partial charge in [0.15, 0.2) is 0 Å². The summed E-state index contributed by atoms with van der Waals surface area (Å²) >= 11 is 6.22. The monoisotopic (exact) mass is 280 g/mol. The topological polar surface area (TPSA) is 29.3 Å². The van der Waals surface area contributed by atoms with Gasteiger partial charge >= 0.3 is 0 Å². The van der Waals surface area contributed by atoms with Crippen LogP contribution in [0.25, 0.3) is 0 Å². The zero-order valence-corrected chi connectivity index (χ0v) is 13.0. The maximum absolute atomic E-state index is 6.22. The second-order valence-corrected chi connectivity index (χ2v) is 6.55. The number of hydrogen-bond acceptors (Lipinski definition) is 2. The molecule has 0 heterocycles. The van der Waals surface area contributed by atoms with Crippen LogP contribution in [-0.2, 0) is 0 Å². The molecule has 1 fully saturated rings. The average Bonchev–Trinajstić information content (AvgIpc) is 2.84. The van der Waals surface area contributed by atoms with E-state index in [9.17, 15) is 0 Å². The van der Waals surface area contributed by atoms with Crippen LogP contribution in [0.4, 0.5) is 11.4 Å². The van der Waals surface area contributed by atoms with Crippen molar-refractivity contribution in [2.24, 2.45) is 5.92 Å². The van der Waals surface area contributed by atoms with E-state index in [0.717, 1.165) is 6.54 Å². The third kappa shape index (κ3) is 3.36. The van der Waals surface area contributed by atoms with E-state index >= 15 is 0 Å². The lowest BCUT2D eigenvalue weighted by Gasteiger charge is -2.34. The molecule has 2 N–H and O–H groups in total. The minimum Gasteiger partial charge on any atom is -0.398 e. The van der Waals surface area contributed by atoms with E-state index in [1.165, 1.54) is 36.9 Å². The Kier molecular flexibility index (Phi) is 4.62. The van der Waals surface area contributed by atoms with E-state index in [1.807, 2.05) is 12.1 Å². The number of anilines is 2. The van der Waals surface area contributed by atoms with Crippen molar-refractivity contribution in [1.29, 1.82) is 0 Å². The predicted octanol–water partition coefficient (Wildman–Crippen LogP) is 4.64. The van der Waals surface area contributed by atoms with Gasteiger partial charge in [0, 0.05) is 18.3 Å². The van der Waals surface area contributed by atoms with Crippen LogP contribution in [0.5, 0.6) is 0 Å². The molecule has 0 unspecified atom stereocenters. The molecule has 1 aromatic carbocycles. The number of benzene rings is 1. The highest BCUT2D eigenvalue weighted by Crippen LogP contribution is 2.34. The summed E-state index contributed by atoms with van der Waals surface area (Å²) in [6.45, 7) is 7.77. The summed E-state index contributed by atoms with van der Waals surface area (Å²) in [6, 6.07) is 4.72. The van der Waals surface area contributed by atoms with Crippen LogP contribution in [0.2, 0.25) is 5.02 Å². The summed E-state index contributed by atoms with van der Waals surface area (Å²) in [5.74, 6) is 0.649. The first-order valence-corrected chi connectivity index (χ1v) is 7.69. The van der Waals surface area contributed by atoms with Crippen molar-refractivity contribution in [2.75, 3.05) is 17.2 Å². The molecule has 1 saturated carbocycles. The molecule has 0 radical (unpaired) electrons. The Bertz CT molecular complexity index is 437. The standard InChI is InChI=1S/C16H25ClN2/c1-11(2)10-19(13-6-4-5-7-13)16-9-14(17)15(18)8-12(16)3/h8-9,11,13H,4-7,10,18H2,1-3H3. The Labute approximate surface area is 121 Å². The number of nitrogen functional groups attached to an aromatic ring is 1. The van der Waals surface area contributed by atoms with Crippen LogP contribution in [0.3, 0.4) is 0 Å². The molecule has 3 heteroatoms. The lowest BCUT2D eigenvalue weighted by atomic mass is 10.1. The fraction of sp³-hybridized carbons (Fsp3) is 0.625. The zero-order chi connectivity index (χ0) is 14.0. The molecule has 1 aromatic rings. The molecular weight excluding hydrogens is 256 g/mol. The van der Waals surface area contributed by atoms with Crippen LogP contribution in [-0.4, -0.2) is 12.6 Å². The van der Waals surface area contributed by atoms with E-state index in [0.29, 0.717) is 22.7 Å². The maximum Gasteiger partial charge on any atom is 0.0656 e. The number of halogens is 1. The molecule has 1 aliphatic carbocycles. The number of nitrogens with zero attached hydrogens (tertiary/aromatic N) is 1. The second kappa shape index (κ2) is 6.04. The van der Waals surface area contributed by atoms with Gasteiger partial charge in [0.05, 0.1) is 10.7 Å². The fourth-order valence-corrected chi connectivity index (χ4v) is 3.21. The third-order valence-electron chi connectivity index (χ3n) is 3.95. The highest BCUT2D eigenvalue weighted by atomic mass is 35.5. The maximum atomic E-state index is 6.22. The van der Waals surface area contributed by atoms with Crippen LogP contribution in [0, 0.1) is 12.8 Å². The van der Waals surface area contributed by atoms with Crippen LogP contribution < -0.4 is 10.6 Å². The minimum absolute atomic E-state index is 0.649. The summed E-state index contributed by atoms with van der Waals surface area (Å²) < 4.78 is 0. The zero-order valence-electron chi connectivity index (χ0n) is 12.2. The fourth-order valence-electron chi connectivity index (χ4n) is 3.06. The minimum atomic E-state index is 0.649. The van der Waals surface area contributed by atoms with Gasteiger partial charge in [-0.15, -0.1) is 0 Å². The lowest BCUT2D eigenvalue weighted by Crippen LogP contribution is -2.36. The van der Waals surface area contributed by atoms with Gasteiger partial charge in [-0.05, 0) is 43.4 Å². The first-order chi connectivity index (χ1) is 8.99. The summed E-state index contributed by atoms with van der Waals surface area (Å²) in [7, 11) is 0. The molecule has 19 heavy (non-hydrogen) atoms. The smallest absolute Gasteiger partial charge is 0.0656 e. The van der Waals surface area contributed by atoms with Crippen molar-refractivity contribution in [3.63, 3.8) is 0 Å². The second-order valence-electron chi connectivity index (χ2n) is 6.14. The number of nitrogens with two attached hydrogens (primary N) is 1. The number of hydrogen-bond donors (Lipinski definition) is 1. The Morgan fingerprint density at radius 3 is 2.53 bits per heavy atom. The highest BCUT2D eigenvalue weighted by molar-refractivity contribution is 6.33. The molecule has 0 aliphatic heterocycles. The van der Waals surface area contributed by atoms with E-state index < -0.39 is 0 Å². The third-order valence-corrected chi connectivity index (χ3v) is 4.28. The molecule has 2 rings (SSSR count). The van der Waals surface area contributed by atoms with Crippen molar-refractivity contribution in [1.82, 2.24) is 0 Å². The number of aryl methyl sites for hydroxylation is 1. The van der Waals surface area contributed by atoms with Gasteiger partial charge in [-0.2, -0.15) is 0 Å². The van der Waals surface area contributed by atoms with Crippen molar-refractivity contribution in [3.05, 3.63) is 22.7 Å². The summed E-state index contributed by atoms with van der Waals surface area (Å²) in [6.07, 6.45) is 5.30. The molecule has 106 valence electrons. The van der Waals surface area contributed by atoms with Gasteiger partial charge in [-0.1, -0.05) is 38.3 Å². The summed E-state index contributed by atoms with van der Waals surface area (Å²) in [5, 5.41) is 0.673. The molecule has 0 atom stereocenters. The van der Waals surface area contributed by atoms with Crippen LogP contribution in [0.15, 0.2) is 12.1 Å². The van der Waals surface area contributed by atoms with E-state index in [2.05, 4.69) is 25.7 Å². The summed E-state index contributed by atoms with van der Waals surface area (Å²) in [4.78, 5) is 2.55. The Balaban J connectivity index is 2.33. The van der Waals surface area contributed by atoms with Gasteiger partial charge in [0.2, 0.25) is 0 Å². The normalized spacial score (nSPS) is 16.3. The van der Waals surface area contributed by atoms with Gasteiger partial charge in [0.1, 0.15) is 0 Å². The molecule has 0 amide bonds. The molecule has 0 bridgehead atoms. The Hall–Kier alpha value is -0.890. The quantitative estimate of drug-likeness (QED) is 0.815. The molecule has 2 nitrogen and oxygen atoms in total.